The number of amides is 2. The molecule has 0 aliphatic rings. The highest BCUT2D eigenvalue weighted by atomic mass is 16.2. The lowest BCUT2D eigenvalue weighted by Gasteiger charge is -2.15. The van der Waals surface area contributed by atoms with E-state index >= 15 is 0 Å². The van der Waals surface area contributed by atoms with Gasteiger partial charge in [0.25, 0.3) is 5.91 Å². The first-order valence-electron chi connectivity index (χ1n) is 6.62. The number of unbranched alkanes of at least 4 members (excludes halogenated alkanes) is 1. The predicted molar refractivity (Wildman–Crippen MR) is 75.9 cm³/mol. The van der Waals surface area contributed by atoms with Crippen LogP contribution in [-0.4, -0.2) is 17.9 Å². The standard InChI is InChI=1S/C15H22N2O2/c1-4-5-6-13(14(16)18)17-15(19)12-8-10(2)7-11(3)9-12/h7-9,13H,4-6H2,1-3H3,(H2,16,18)(H,17,19)/t13-/m0/s1. The molecule has 104 valence electrons. The van der Waals surface area contributed by atoms with Crippen LogP contribution >= 0.6 is 0 Å². The van der Waals surface area contributed by atoms with Gasteiger partial charge in [0.2, 0.25) is 5.91 Å². The van der Waals surface area contributed by atoms with Crippen molar-refractivity contribution < 1.29 is 9.59 Å². The van der Waals surface area contributed by atoms with Crippen molar-refractivity contribution in [2.24, 2.45) is 5.73 Å². The number of rotatable bonds is 6. The SMILES string of the molecule is CCCC[C@H](NC(=O)c1cc(C)cc(C)c1)C(N)=O. The normalized spacial score (nSPS) is 11.9. The number of aryl methyl sites for hydroxylation is 2. The molecule has 1 atom stereocenters. The summed E-state index contributed by atoms with van der Waals surface area (Å²) in [5.41, 5.74) is 7.92. The highest BCUT2D eigenvalue weighted by molar-refractivity contribution is 5.97. The molecule has 19 heavy (non-hydrogen) atoms. The van der Waals surface area contributed by atoms with Crippen LogP contribution in [0.25, 0.3) is 0 Å². The molecule has 4 heteroatoms. The summed E-state index contributed by atoms with van der Waals surface area (Å²) in [5.74, 6) is -0.724. The van der Waals surface area contributed by atoms with Gasteiger partial charge in [-0.3, -0.25) is 9.59 Å². The zero-order valence-corrected chi connectivity index (χ0v) is 11.8. The van der Waals surface area contributed by atoms with Gasteiger partial charge in [-0.1, -0.05) is 37.0 Å². The van der Waals surface area contributed by atoms with Gasteiger partial charge in [-0.05, 0) is 32.4 Å². The molecular formula is C15H22N2O2. The minimum absolute atomic E-state index is 0.244. The monoisotopic (exact) mass is 262 g/mol. The largest absolute Gasteiger partial charge is 0.368 e. The van der Waals surface area contributed by atoms with Gasteiger partial charge < -0.3 is 11.1 Å². The highest BCUT2D eigenvalue weighted by Crippen LogP contribution is 2.10. The molecule has 0 bridgehead atoms. The van der Waals surface area contributed by atoms with E-state index < -0.39 is 11.9 Å². The zero-order chi connectivity index (χ0) is 14.4. The summed E-state index contributed by atoms with van der Waals surface area (Å²) in [6.07, 6.45) is 2.41. The number of benzene rings is 1. The summed E-state index contributed by atoms with van der Waals surface area (Å²) in [7, 11) is 0. The molecule has 3 N–H and O–H groups in total. The van der Waals surface area contributed by atoms with E-state index in [-0.39, 0.29) is 5.91 Å². The molecule has 0 radical (unpaired) electrons. The molecule has 0 unspecified atom stereocenters. The lowest BCUT2D eigenvalue weighted by molar-refractivity contribution is -0.120. The Balaban J connectivity index is 2.78. The Hall–Kier alpha value is -1.84. The smallest absolute Gasteiger partial charge is 0.251 e. The molecule has 2 amide bonds. The van der Waals surface area contributed by atoms with E-state index in [0.717, 1.165) is 24.0 Å². The van der Waals surface area contributed by atoms with Crippen LogP contribution in [0.3, 0.4) is 0 Å². The number of carbonyl (C=O) groups is 2. The molecule has 0 aromatic heterocycles. The molecule has 4 nitrogen and oxygen atoms in total. The second-order valence-electron chi connectivity index (χ2n) is 4.95. The number of hydrogen-bond donors (Lipinski definition) is 2. The lowest BCUT2D eigenvalue weighted by Crippen LogP contribution is -2.44. The van der Waals surface area contributed by atoms with Crippen LogP contribution in [-0.2, 0) is 4.79 Å². The van der Waals surface area contributed by atoms with Gasteiger partial charge in [-0.2, -0.15) is 0 Å². The first kappa shape index (κ1) is 15.2. The molecular weight excluding hydrogens is 240 g/mol. The first-order valence-corrected chi connectivity index (χ1v) is 6.62. The van der Waals surface area contributed by atoms with Crippen LogP contribution < -0.4 is 11.1 Å². The summed E-state index contributed by atoms with van der Waals surface area (Å²) < 4.78 is 0. The Morgan fingerprint density at radius 1 is 1.21 bits per heavy atom. The third-order valence-electron chi connectivity index (χ3n) is 2.98. The average Bonchev–Trinajstić information content (AvgIpc) is 2.32. The minimum atomic E-state index is -0.590. The number of carbonyl (C=O) groups excluding carboxylic acids is 2. The molecule has 0 saturated carbocycles. The maximum atomic E-state index is 12.1. The molecule has 0 aliphatic heterocycles. The third kappa shape index (κ3) is 4.73. The van der Waals surface area contributed by atoms with Crippen molar-refractivity contribution in [3.63, 3.8) is 0 Å². The number of nitrogens with two attached hydrogens (primary N) is 1. The summed E-state index contributed by atoms with van der Waals surface area (Å²) in [6.45, 7) is 5.91. The summed E-state index contributed by atoms with van der Waals surface area (Å²) >= 11 is 0. The number of primary amides is 1. The fraction of sp³-hybridized carbons (Fsp3) is 0.467. The minimum Gasteiger partial charge on any atom is -0.368 e. The van der Waals surface area contributed by atoms with E-state index in [1.807, 2.05) is 26.8 Å². The maximum absolute atomic E-state index is 12.1. The van der Waals surface area contributed by atoms with Crippen LogP contribution in [0.1, 0.15) is 47.7 Å². The molecule has 1 aromatic rings. The highest BCUT2D eigenvalue weighted by Gasteiger charge is 2.18. The van der Waals surface area contributed by atoms with Crippen molar-refractivity contribution in [3.8, 4) is 0 Å². The topological polar surface area (TPSA) is 72.2 Å². The quantitative estimate of drug-likeness (QED) is 0.823. The molecule has 0 spiro atoms. The molecule has 1 aromatic carbocycles. The van der Waals surface area contributed by atoms with Gasteiger partial charge in [0.15, 0.2) is 0 Å². The maximum Gasteiger partial charge on any atom is 0.251 e. The van der Waals surface area contributed by atoms with Crippen molar-refractivity contribution in [3.05, 3.63) is 34.9 Å². The average molecular weight is 262 g/mol. The Bertz CT molecular complexity index is 449. The van der Waals surface area contributed by atoms with Crippen molar-refractivity contribution in [2.45, 2.75) is 46.1 Å². The fourth-order valence-corrected chi connectivity index (χ4v) is 2.04. The first-order chi connectivity index (χ1) is 8.93. The number of hydrogen-bond acceptors (Lipinski definition) is 2. The fourth-order valence-electron chi connectivity index (χ4n) is 2.04. The molecule has 1 rings (SSSR count). The second-order valence-corrected chi connectivity index (χ2v) is 4.95. The van der Waals surface area contributed by atoms with Crippen molar-refractivity contribution >= 4 is 11.8 Å². The molecule has 0 saturated heterocycles. The summed E-state index contributed by atoms with van der Waals surface area (Å²) in [5, 5.41) is 2.71. The molecule has 0 fully saturated rings. The van der Waals surface area contributed by atoms with Gasteiger partial charge in [-0.15, -0.1) is 0 Å². The van der Waals surface area contributed by atoms with Gasteiger partial charge in [0, 0.05) is 5.56 Å². The van der Waals surface area contributed by atoms with E-state index in [9.17, 15) is 9.59 Å². The Morgan fingerprint density at radius 2 is 1.79 bits per heavy atom. The van der Waals surface area contributed by atoms with Gasteiger partial charge in [0.05, 0.1) is 0 Å². The van der Waals surface area contributed by atoms with Crippen LogP contribution in [0.5, 0.6) is 0 Å². The van der Waals surface area contributed by atoms with Gasteiger partial charge in [0.1, 0.15) is 6.04 Å². The molecule has 0 heterocycles. The summed E-state index contributed by atoms with van der Waals surface area (Å²) in [4.78, 5) is 23.4. The zero-order valence-electron chi connectivity index (χ0n) is 11.8. The second kappa shape index (κ2) is 6.92. The van der Waals surface area contributed by atoms with E-state index in [4.69, 9.17) is 5.73 Å². The van der Waals surface area contributed by atoms with E-state index in [0.29, 0.717) is 12.0 Å². The van der Waals surface area contributed by atoms with Crippen molar-refractivity contribution in [1.29, 1.82) is 0 Å². The van der Waals surface area contributed by atoms with E-state index in [1.165, 1.54) is 0 Å². The van der Waals surface area contributed by atoms with Gasteiger partial charge in [-0.25, -0.2) is 0 Å². The van der Waals surface area contributed by atoms with Crippen LogP contribution in [0.2, 0.25) is 0 Å². The predicted octanol–water partition coefficient (Wildman–Crippen LogP) is 2.08. The van der Waals surface area contributed by atoms with Crippen molar-refractivity contribution in [2.75, 3.05) is 0 Å². The van der Waals surface area contributed by atoms with Crippen LogP contribution in [0.4, 0.5) is 0 Å². The lowest BCUT2D eigenvalue weighted by atomic mass is 10.1. The Labute approximate surface area is 114 Å². The molecule has 0 aliphatic carbocycles. The Kier molecular flexibility index (Phi) is 5.55. The van der Waals surface area contributed by atoms with Crippen molar-refractivity contribution in [1.82, 2.24) is 5.32 Å². The Morgan fingerprint density at radius 3 is 2.26 bits per heavy atom. The number of nitrogens with one attached hydrogen (secondary N) is 1. The van der Waals surface area contributed by atoms with E-state index in [1.54, 1.807) is 12.1 Å². The van der Waals surface area contributed by atoms with Gasteiger partial charge >= 0.3 is 0 Å². The summed E-state index contributed by atoms with van der Waals surface area (Å²) in [6, 6.07) is 5.02. The van der Waals surface area contributed by atoms with E-state index in [2.05, 4.69) is 5.32 Å². The van der Waals surface area contributed by atoms with Crippen LogP contribution in [0, 0.1) is 13.8 Å². The van der Waals surface area contributed by atoms with Crippen LogP contribution in [0.15, 0.2) is 18.2 Å². The third-order valence-corrected chi connectivity index (χ3v) is 2.98.